The quantitative estimate of drug-likeness (QED) is 0.447. The summed E-state index contributed by atoms with van der Waals surface area (Å²) < 4.78 is 183. The first-order chi connectivity index (χ1) is 11.6. The minimum atomic E-state index is -6.82. The molecule has 27 heavy (non-hydrogen) atoms. The molecule has 0 bridgehead atoms. The third kappa shape index (κ3) is 4.36. The van der Waals surface area contributed by atoms with Crippen LogP contribution in [0.25, 0.3) is 0 Å². The minimum absolute atomic E-state index is 0.379. The van der Waals surface area contributed by atoms with Gasteiger partial charge in [0.1, 0.15) is 12.2 Å². The van der Waals surface area contributed by atoms with Crippen LogP contribution < -0.4 is 0 Å². The molecule has 2 unspecified atom stereocenters. The number of hydrogen-bond acceptors (Lipinski definition) is 1. The van der Waals surface area contributed by atoms with Crippen LogP contribution >= 0.6 is 0 Å². The molecule has 0 aliphatic carbocycles. The molecule has 164 valence electrons. The molecule has 0 radical (unpaired) electrons. The summed E-state index contributed by atoms with van der Waals surface area (Å²) in [6.45, 7) is 0.759. The Labute approximate surface area is 142 Å². The van der Waals surface area contributed by atoms with Crippen LogP contribution in [-0.4, -0.2) is 48.3 Å². The summed E-state index contributed by atoms with van der Waals surface area (Å²) in [4.78, 5) is 0. The van der Waals surface area contributed by atoms with Gasteiger partial charge in [-0.25, -0.2) is 8.78 Å². The lowest BCUT2D eigenvalue weighted by Crippen LogP contribution is -2.66. The summed E-state index contributed by atoms with van der Waals surface area (Å²) in [5.74, 6) is 0. The van der Waals surface area contributed by atoms with Gasteiger partial charge in [0.2, 0.25) is 0 Å². The molecule has 0 aliphatic rings. The molecule has 2 atom stereocenters. The molecule has 0 aromatic heterocycles. The van der Waals surface area contributed by atoms with Gasteiger partial charge in [0.15, 0.2) is 0 Å². The molecule has 1 nitrogen and oxygen atoms in total. The third-order valence-electron chi connectivity index (χ3n) is 3.61. The number of rotatable bonds is 6. The highest BCUT2D eigenvalue weighted by Gasteiger charge is 2.80. The standard InChI is InChI=1S/C12H12F14O/c1-3-5(7(13,9(15,16)17)10(18,19)20)27-6(4-2)8(14,11(21,22)23)12(24,25)26/h5-6H,3-4H2,1-2H3. The van der Waals surface area contributed by atoms with Crippen LogP contribution in [0.1, 0.15) is 26.7 Å². The van der Waals surface area contributed by atoms with Crippen LogP contribution in [0, 0.1) is 0 Å². The molecular weight excluding hydrogens is 426 g/mol. The maximum Gasteiger partial charge on any atom is 0.434 e. The SMILES string of the molecule is CCC(OC(CC)C(F)(C(F)(F)F)C(F)(F)F)C(F)(C(F)(F)F)C(F)(F)F. The average Bonchev–Trinajstić information content (AvgIpc) is 2.42. The van der Waals surface area contributed by atoms with Gasteiger partial charge in [-0.05, 0) is 12.8 Å². The van der Waals surface area contributed by atoms with E-state index in [1.54, 1.807) is 0 Å². The summed E-state index contributed by atoms with van der Waals surface area (Å²) in [6, 6.07) is 0. The zero-order valence-electron chi connectivity index (χ0n) is 13.3. The van der Waals surface area contributed by atoms with Crippen molar-refractivity contribution in [3.05, 3.63) is 0 Å². The number of alkyl halides is 14. The zero-order valence-corrected chi connectivity index (χ0v) is 13.3. The molecule has 0 aromatic carbocycles. The number of hydrogen-bond donors (Lipinski definition) is 0. The number of ether oxygens (including phenoxy) is 1. The van der Waals surface area contributed by atoms with Gasteiger partial charge in [-0.3, -0.25) is 0 Å². The van der Waals surface area contributed by atoms with E-state index in [4.69, 9.17) is 0 Å². The predicted molar refractivity (Wildman–Crippen MR) is 61.1 cm³/mol. The van der Waals surface area contributed by atoms with Gasteiger partial charge in [0, 0.05) is 0 Å². The fourth-order valence-corrected chi connectivity index (χ4v) is 2.19. The summed E-state index contributed by atoms with van der Waals surface area (Å²) in [7, 11) is 0. The smallest absolute Gasteiger partial charge is 0.367 e. The van der Waals surface area contributed by atoms with E-state index >= 15 is 0 Å². The lowest BCUT2D eigenvalue weighted by atomic mass is 9.91. The van der Waals surface area contributed by atoms with E-state index in [1.165, 1.54) is 0 Å². The molecule has 0 heterocycles. The van der Waals surface area contributed by atoms with E-state index in [0.29, 0.717) is 13.8 Å². The minimum Gasteiger partial charge on any atom is -0.367 e. The Bertz CT molecular complexity index is 412. The van der Waals surface area contributed by atoms with Gasteiger partial charge in [-0.15, -0.1) is 0 Å². The van der Waals surface area contributed by atoms with Crippen molar-refractivity contribution in [2.45, 2.75) is 74.9 Å². The van der Waals surface area contributed by atoms with Gasteiger partial charge < -0.3 is 4.74 Å². The maximum absolute atomic E-state index is 13.9. The molecule has 0 fully saturated rings. The lowest BCUT2D eigenvalue weighted by molar-refractivity contribution is -0.398. The second-order valence-electron chi connectivity index (χ2n) is 5.34. The molecular formula is C12H12F14O. The van der Waals surface area contributed by atoms with Gasteiger partial charge in [0.25, 0.3) is 0 Å². The van der Waals surface area contributed by atoms with Crippen molar-refractivity contribution in [1.29, 1.82) is 0 Å². The van der Waals surface area contributed by atoms with E-state index in [9.17, 15) is 61.5 Å². The van der Waals surface area contributed by atoms with E-state index in [-0.39, 0.29) is 0 Å². The highest BCUT2D eigenvalue weighted by Crippen LogP contribution is 2.54. The Hall–Kier alpha value is -1.02. The Kier molecular flexibility index (Phi) is 7.15. The van der Waals surface area contributed by atoms with Crippen molar-refractivity contribution in [1.82, 2.24) is 0 Å². The van der Waals surface area contributed by atoms with Crippen LogP contribution in [0.3, 0.4) is 0 Å². The fourth-order valence-electron chi connectivity index (χ4n) is 2.19. The number of halogens is 14. The van der Waals surface area contributed by atoms with Crippen LogP contribution in [0.4, 0.5) is 61.5 Å². The molecule has 0 aromatic rings. The predicted octanol–water partition coefficient (Wildman–Crippen LogP) is 6.23. The highest BCUT2D eigenvalue weighted by atomic mass is 19.4. The molecule has 0 rings (SSSR count). The molecule has 0 saturated heterocycles. The topological polar surface area (TPSA) is 9.23 Å². The first kappa shape index (κ1) is 26.0. The Morgan fingerprint density at radius 2 is 0.667 bits per heavy atom. The van der Waals surface area contributed by atoms with Gasteiger partial charge in [0.05, 0.1) is 0 Å². The van der Waals surface area contributed by atoms with Gasteiger partial charge >= 0.3 is 36.0 Å². The van der Waals surface area contributed by atoms with Gasteiger partial charge in [-0.1, -0.05) is 13.8 Å². The average molecular weight is 438 g/mol. The monoisotopic (exact) mass is 438 g/mol. The molecule has 0 saturated carbocycles. The summed E-state index contributed by atoms with van der Waals surface area (Å²) in [5.41, 5.74) is -12.7. The van der Waals surface area contributed by atoms with E-state index in [1.807, 2.05) is 0 Å². The molecule has 0 spiro atoms. The van der Waals surface area contributed by atoms with Crippen LogP contribution in [0.2, 0.25) is 0 Å². The molecule has 0 N–H and O–H groups in total. The van der Waals surface area contributed by atoms with Gasteiger partial charge in [-0.2, -0.15) is 52.7 Å². The van der Waals surface area contributed by atoms with Crippen molar-refractivity contribution in [3.8, 4) is 0 Å². The van der Waals surface area contributed by atoms with Crippen molar-refractivity contribution in [2.24, 2.45) is 0 Å². The van der Waals surface area contributed by atoms with Crippen molar-refractivity contribution in [2.75, 3.05) is 0 Å². The summed E-state index contributed by atoms with van der Waals surface area (Å²) >= 11 is 0. The molecule has 0 amide bonds. The lowest BCUT2D eigenvalue weighted by Gasteiger charge is -2.41. The van der Waals surface area contributed by atoms with Crippen LogP contribution in [-0.2, 0) is 4.74 Å². The second-order valence-corrected chi connectivity index (χ2v) is 5.34. The first-order valence-electron chi connectivity index (χ1n) is 6.93. The van der Waals surface area contributed by atoms with Crippen molar-refractivity contribution >= 4 is 0 Å². The largest absolute Gasteiger partial charge is 0.434 e. The van der Waals surface area contributed by atoms with E-state index in [0.717, 1.165) is 0 Å². The van der Waals surface area contributed by atoms with Crippen molar-refractivity contribution < 1.29 is 66.2 Å². The summed E-state index contributed by atoms with van der Waals surface area (Å²) in [6.07, 6.45) is -38.5. The first-order valence-corrected chi connectivity index (χ1v) is 6.93. The van der Waals surface area contributed by atoms with E-state index in [2.05, 4.69) is 4.74 Å². The molecule has 0 aliphatic heterocycles. The van der Waals surface area contributed by atoms with Crippen LogP contribution in [0.5, 0.6) is 0 Å². The third-order valence-corrected chi connectivity index (χ3v) is 3.61. The molecule has 15 heteroatoms. The van der Waals surface area contributed by atoms with E-state index < -0.39 is 61.1 Å². The maximum atomic E-state index is 13.9. The second kappa shape index (κ2) is 7.43. The Morgan fingerprint density at radius 1 is 0.481 bits per heavy atom. The Morgan fingerprint density at radius 3 is 0.778 bits per heavy atom. The van der Waals surface area contributed by atoms with Crippen LogP contribution in [0.15, 0.2) is 0 Å². The highest BCUT2D eigenvalue weighted by molar-refractivity contribution is 5.05. The Balaban J connectivity index is 6.37. The summed E-state index contributed by atoms with van der Waals surface area (Å²) in [5, 5.41) is 0. The zero-order chi connectivity index (χ0) is 22.3. The fraction of sp³-hybridized carbons (Fsp3) is 1.00. The normalized spacial score (nSPS) is 17.8. The van der Waals surface area contributed by atoms with Crippen molar-refractivity contribution in [3.63, 3.8) is 0 Å².